The van der Waals surface area contributed by atoms with Gasteiger partial charge in [-0.05, 0) is 12.1 Å². The highest BCUT2D eigenvalue weighted by Crippen LogP contribution is 2.36. The summed E-state index contributed by atoms with van der Waals surface area (Å²) in [4.78, 5) is 7.07. The standard InChI is InChI=1S/C18H12F3N3O/c1-22-13-8-9-14(15(10-13)25-2)24-11-16(18(19,20)21)23-17(24)12-6-4-3-5-7-12/h3-11H,2H3. The van der Waals surface area contributed by atoms with Crippen LogP contribution in [0.1, 0.15) is 5.69 Å². The summed E-state index contributed by atoms with van der Waals surface area (Å²) in [6.07, 6.45) is -3.64. The summed E-state index contributed by atoms with van der Waals surface area (Å²) in [5, 5.41) is 0. The molecule has 0 atom stereocenters. The fraction of sp³-hybridized carbons (Fsp3) is 0.111. The van der Waals surface area contributed by atoms with E-state index in [0.717, 1.165) is 6.20 Å². The summed E-state index contributed by atoms with van der Waals surface area (Å²) in [7, 11) is 1.40. The van der Waals surface area contributed by atoms with E-state index >= 15 is 0 Å². The molecule has 3 aromatic rings. The molecule has 2 aromatic carbocycles. The third kappa shape index (κ3) is 3.19. The van der Waals surface area contributed by atoms with Gasteiger partial charge in [0.25, 0.3) is 0 Å². The Labute approximate surface area is 141 Å². The van der Waals surface area contributed by atoms with Crippen LogP contribution in [0.5, 0.6) is 5.75 Å². The summed E-state index contributed by atoms with van der Waals surface area (Å²) in [5.74, 6) is 0.429. The molecule has 0 fully saturated rings. The van der Waals surface area contributed by atoms with Crippen LogP contribution in [0.15, 0.2) is 54.7 Å². The summed E-state index contributed by atoms with van der Waals surface area (Å²) < 4.78 is 46.1. The first-order valence-electron chi connectivity index (χ1n) is 7.22. The first-order valence-corrected chi connectivity index (χ1v) is 7.22. The van der Waals surface area contributed by atoms with Gasteiger partial charge in [-0.25, -0.2) is 9.83 Å². The zero-order valence-electron chi connectivity index (χ0n) is 13.1. The van der Waals surface area contributed by atoms with Crippen LogP contribution in [0.25, 0.3) is 21.9 Å². The third-order valence-electron chi connectivity index (χ3n) is 3.58. The molecule has 0 amide bonds. The minimum atomic E-state index is -4.57. The zero-order valence-corrected chi connectivity index (χ0v) is 13.1. The van der Waals surface area contributed by atoms with Crippen molar-refractivity contribution in [2.24, 2.45) is 0 Å². The van der Waals surface area contributed by atoms with Gasteiger partial charge < -0.3 is 4.74 Å². The van der Waals surface area contributed by atoms with E-state index in [4.69, 9.17) is 11.3 Å². The lowest BCUT2D eigenvalue weighted by atomic mass is 10.2. The second-order valence-corrected chi connectivity index (χ2v) is 5.15. The number of imidazole rings is 1. The lowest BCUT2D eigenvalue weighted by Gasteiger charge is -2.12. The molecule has 4 nitrogen and oxygen atoms in total. The molecule has 0 radical (unpaired) electrons. The Kier molecular flexibility index (Phi) is 4.19. The minimum Gasteiger partial charge on any atom is -0.496 e. The second kappa shape index (κ2) is 6.32. The molecule has 0 saturated carbocycles. The first kappa shape index (κ1) is 16.6. The number of alkyl halides is 3. The Morgan fingerprint density at radius 2 is 1.84 bits per heavy atom. The van der Waals surface area contributed by atoms with Crippen molar-refractivity contribution in [3.8, 4) is 22.8 Å². The minimum absolute atomic E-state index is 0.141. The molecule has 0 spiro atoms. The van der Waals surface area contributed by atoms with Gasteiger partial charge in [0.05, 0.1) is 19.4 Å². The highest BCUT2D eigenvalue weighted by Gasteiger charge is 2.35. The average molecular weight is 343 g/mol. The van der Waals surface area contributed by atoms with E-state index in [1.54, 1.807) is 36.4 Å². The van der Waals surface area contributed by atoms with E-state index in [9.17, 15) is 13.2 Å². The Morgan fingerprint density at radius 1 is 1.12 bits per heavy atom. The summed E-state index contributed by atoms with van der Waals surface area (Å²) in [6, 6.07) is 13.1. The van der Waals surface area contributed by atoms with Crippen LogP contribution >= 0.6 is 0 Å². The van der Waals surface area contributed by atoms with E-state index in [-0.39, 0.29) is 11.6 Å². The van der Waals surface area contributed by atoms with Gasteiger partial charge in [-0.3, -0.25) is 4.57 Å². The monoisotopic (exact) mass is 343 g/mol. The van der Waals surface area contributed by atoms with E-state index in [1.807, 2.05) is 0 Å². The van der Waals surface area contributed by atoms with Crippen LogP contribution < -0.4 is 4.74 Å². The van der Waals surface area contributed by atoms with E-state index in [2.05, 4.69) is 9.83 Å². The molecule has 126 valence electrons. The number of hydrogen-bond acceptors (Lipinski definition) is 2. The molecule has 1 heterocycles. The van der Waals surface area contributed by atoms with Crippen LogP contribution in [0.3, 0.4) is 0 Å². The Balaban J connectivity index is 2.26. The van der Waals surface area contributed by atoms with Crippen LogP contribution in [0.2, 0.25) is 0 Å². The van der Waals surface area contributed by atoms with Gasteiger partial charge in [-0.2, -0.15) is 13.2 Å². The Morgan fingerprint density at radius 3 is 2.44 bits per heavy atom. The molecule has 0 aliphatic rings. The van der Waals surface area contributed by atoms with Crippen molar-refractivity contribution < 1.29 is 17.9 Å². The molecule has 0 saturated heterocycles. The summed E-state index contributed by atoms with van der Waals surface area (Å²) in [6.45, 7) is 7.05. The summed E-state index contributed by atoms with van der Waals surface area (Å²) in [5.41, 5.74) is 0.242. The average Bonchev–Trinajstić information content (AvgIpc) is 3.07. The van der Waals surface area contributed by atoms with Crippen molar-refractivity contribution >= 4 is 5.69 Å². The number of ether oxygens (including phenoxy) is 1. The van der Waals surface area contributed by atoms with E-state index in [0.29, 0.717) is 16.9 Å². The summed E-state index contributed by atoms with van der Waals surface area (Å²) >= 11 is 0. The van der Waals surface area contributed by atoms with Crippen molar-refractivity contribution in [3.05, 3.63) is 71.8 Å². The van der Waals surface area contributed by atoms with Crippen molar-refractivity contribution in [3.63, 3.8) is 0 Å². The molecular weight excluding hydrogens is 331 g/mol. The topological polar surface area (TPSA) is 31.4 Å². The number of methoxy groups -OCH3 is 1. The number of hydrogen-bond donors (Lipinski definition) is 0. The molecule has 0 unspecified atom stereocenters. The number of halogens is 3. The predicted octanol–water partition coefficient (Wildman–Crippen LogP) is 5.12. The van der Waals surface area contributed by atoms with Crippen molar-refractivity contribution in [1.29, 1.82) is 0 Å². The lowest BCUT2D eigenvalue weighted by Crippen LogP contribution is -2.05. The Hall–Kier alpha value is -3.27. The Bertz CT molecular complexity index is 940. The van der Waals surface area contributed by atoms with Gasteiger partial charge in [0.15, 0.2) is 11.4 Å². The normalized spacial score (nSPS) is 11.2. The van der Waals surface area contributed by atoms with Crippen LogP contribution in [-0.4, -0.2) is 16.7 Å². The lowest BCUT2D eigenvalue weighted by molar-refractivity contribution is -0.140. The molecule has 0 aliphatic carbocycles. The maximum Gasteiger partial charge on any atom is 0.434 e. The van der Waals surface area contributed by atoms with Gasteiger partial charge in [0.1, 0.15) is 11.6 Å². The maximum atomic E-state index is 13.2. The number of aromatic nitrogens is 2. The van der Waals surface area contributed by atoms with Crippen molar-refractivity contribution in [2.75, 3.05) is 7.11 Å². The highest BCUT2D eigenvalue weighted by atomic mass is 19.4. The molecule has 0 aliphatic heterocycles. The van der Waals surface area contributed by atoms with Gasteiger partial charge in [-0.15, -0.1) is 0 Å². The number of nitrogens with zero attached hydrogens (tertiary/aromatic N) is 3. The second-order valence-electron chi connectivity index (χ2n) is 5.15. The van der Waals surface area contributed by atoms with Crippen molar-refractivity contribution in [2.45, 2.75) is 6.18 Å². The molecule has 0 bridgehead atoms. The van der Waals surface area contributed by atoms with Gasteiger partial charge >= 0.3 is 6.18 Å². The zero-order chi connectivity index (χ0) is 18.0. The number of rotatable bonds is 3. The smallest absolute Gasteiger partial charge is 0.434 e. The van der Waals surface area contributed by atoms with Crippen molar-refractivity contribution in [1.82, 2.24) is 9.55 Å². The third-order valence-corrected chi connectivity index (χ3v) is 3.58. The molecule has 7 heteroatoms. The van der Waals surface area contributed by atoms with Gasteiger partial charge in [-0.1, -0.05) is 36.4 Å². The van der Waals surface area contributed by atoms with Gasteiger partial charge in [0, 0.05) is 11.8 Å². The fourth-order valence-corrected chi connectivity index (χ4v) is 2.43. The van der Waals surface area contributed by atoms with E-state index < -0.39 is 11.9 Å². The van der Waals surface area contributed by atoms with Crippen LogP contribution in [0, 0.1) is 6.57 Å². The van der Waals surface area contributed by atoms with E-state index in [1.165, 1.54) is 23.8 Å². The molecule has 25 heavy (non-hydrogen) atoms. The number of benzene rings is 2. The highest BCUT2D eigenvalue weighted by molar-refractivity contribution is 5.64. The van der Waals surface area contributed by atoms with Crippen LogP contribution in [0.4, 0.5) is 18.9 Å². The molecule has 1 aromatic heterocycles. The first-order chi connectivity index (χ1) is 11.9. The largest absolute Gasteiger partial charge is 0.496 e. The SMILES string of the molecule is [C-]#[N+]c1ccc(-n2cc(C(F)(F)F)nc2-c2ccccc2)c(OC)c1. The molecule has 3 rings (SSSR count). The quantitative estimate of drug-likeness (QED) is 0.618. The maximum absolute atomic E-state index is 13.2. The predicted molar refractivity (Wildman–Crippen MR) is 86.8 cm³/mol. The molecule has 0 N–H and O–H groups in total. The van der Waals surface area contributed by atoms with Gasteiger partial charge in [0.2, 0.25) is 0 Å². The van der Waals surface area contributed by atoms with Crippen LogP contribution in [-0.2, 0) is 6.18 Å². The fourth-order valence-electron chi connectivity index (χ4n) is 2.43. The molecular formula is C18H12F3N3O.